The first-order valence-corrected chi connectivity index (χ1v) is 6.49. The molecule has 0 aliphatic rings. The van der Waals surface area contributed by atoms with Crippen LogP contribution < -0.4 is 5.32 Å². The lowest BCUT2D eigenvalue weighted by Gasteiger charge is -2.08. The number of anilines is 1. The maximum absolute atomic E-state index is 6.19. The van der Waals surface area contributed by atoms with Crippen LogP contribution in [0.5, 0.6) is 0 Å². The second-order valence-corrected chi connectivity index (χ2v) is 4.70. The van der Waals surface area contributed by atoms with Crippen molar-refractivity contribution in [1.29, 1.82) is 0 Å². The molecule has 3 aromatic rings. The largest absolute Gasteiger partial charge is 0.378 e. The van der Waals surface area contributed by atoms with Crippen LogP contribution in [0, 0.1) is 0 Å². The lowest BCUT2D eigenvalue weighted by Crippen LogP contribution is -2.01. The quantitative estimate of drug-likeness (QED) is 0.797. The van der Waals surface area contributed by atoms with Crippen molar-refractivity contribution in [3.8, 4) is 0 Å². The summed E-state index contributed by atoms with van der Waals surface area (Å²) in [4.78, 5) is 4.07. The lowest BCUT2D eigenvalue weighted by atomic mass is 10.2. The highest BCUT2D eigenvalue weighted by Crippen LogP contribution is 2.30. The molecule has 1 aromatic carbocycles. The number of hydrogen-bond donors (Lipinski definition) is 1. The highest BCUT2D eigenvalue weighted by Gasteiger charge is 2.09. The van der Waals surface area contributed by atoms with Crippen molar-refractivity contribution in [3.63, 3.8) is 0 Å². The molecule has 0 aliphatic carbocycles. The van der Waals surface area contributed by atoms with E-state index in [1.807, 2.05) is 30.5 Å². The molecule has 0 atom stereocenters. The van der Waals surface area contributed by atoms with E-state index in [9.17, 15) is 0 Å². The Bertz CT molecular complexity index is 668. The van der Waals surface area contributed by atoms with Crippen molar-refractivity contribution in [3.05, 3.63) is 47.2 Å². The van der Waals surface area contributed by atoms with Gasteiger partial charge in [0.05, 0.1) is 22.4 Å². The van der Waals surface area contributed by atoms with Gasteiger partial charge in [-0.15, -0.1) is 0 Å². The molecule has 0 bridgehead atoms. The average Bonchev–Trinajstić information content (AvgIpc) is 2.87. The molecule has 18 heavy (non-hydrogen) atoms. The normalized spacial score (nSPS) is 10.7. The molecule has 4 nitrogen and oxygen atoms in total. The minimum atomic E-state index is 0.652. The van der Waals surface area contributed by atoms with E-state index in [0.717, 1.165) is 22.3 Å². The van der Waals surface area contributed by atoms with Crippen molar-refractivity contribution in [2.45, 2.75) is 6.54 Å². The Morgan fingerprint density at radius 1 is 1.22 bits per heavy atom. The lowest BCUT2D eigenvalue weighted by molar-refractivity contribution is 1.11. The zero-order chi connectivity index (χ0) is 12.4. The van der Waals surface area contributed by atoms with Gasteiger partial charge in [-0.05, 0) is 23.8 Å². The summed E-state index contributed by atoms with van der Waals surface area (Å²) in [6, 6.07) is 7.62. The van der Waals surface area contributed by atoms with Crippen LogP contribution in [0.15, 0.2) is 36.7 Å². The summed E-state index contributed by atoms with van der Waals surface area (Å²) in [6.07, 6.45) is 3.57. The Morgan fingerprint density at radius 3 is 3.00 bits per heavy atom. The Labute approximate surface area is 113 Å². The molecule has 0 spiro atoms. The first kappa shape index (κ1) is 11.4. The third-order valence-corrected chi connectivity index (χ3v) is 3.43. The minimum Gasteiger partial charge on any atom is -0.378 e. The van der Waals surface area contributed by atoms with Gasteiger partial charge in [0, 0.05) is 18.9 Å². The van der Waals surface area contributed by atoms with E-state index in [4.69, 9.17) is 11.6 Å². The first-order chi connectivity index (χ1) is 8.84. The molecule has 0 fully saturated rings. The zero-order valence-corrected chi connectivity index (χ0v) is 10.9. The van der Waals surface area contributed by atoms with Crippen LogP contribution in [0.2, 0.25) is 5.02 Å². The van der Waals surface area contributed by atoms with Gasteiger partial charge in [0.2, 0.25) is 0 Å². The van der Waals surface area contributed by atoms with Gasteiger partial charge in [-0.2, -0.15) is 8.75 Å². The fraction of sp³-hybridized carbons (Fsp3) is 0.0833. The standard InChI is InChI=1S/C12H9ClN4S/c13-9-3-4-10-12(17-18-16-10)11(9)15-7-8-2-1-5-14-6-8/h1-6,15H,7H2. The molecule has 0 saturated heterocycles. The molecule has 0 amide bonds. The third kappa shape index (κ3) is 2.14. The van der Waals surface area contributed by atoms with Crippen molar-refractivity contribution >= 4 is 40.0 Å². The number of rotatable bonds is 3. The topological polar surface area (TPSA) is 50.7 Å². The number of hydrogen-bond acceptors (Lipinski definition) is 5. The van der Waals surface area contributed by atoms with Gasteiger partial charge < -0.3 is 5.32 Å². The molecule has 2 heterocycles. The summed E-state index contributed by atoms with van der Waals surface area (Å²) in [5.74, 6) is 0. The Balaban J connectivity index is 1.90. The van der Waals surface area contributed by atoms with Gasteiger partial charge in [-0.3, -0.25) is 4.98 Å². The summed E-state index contributed by atoms with van der Waals surface area (Å²) in [5.41, 5.74) is 3.59. The number of aromatic nitrogens is 3. The van der Waals surface area contributed by atoms with Crippen molar-refractivity contribution in [2.75, 3.05) is 5.32 Å². The second-order valence-electron chi connectivity index (χ2n) is 3.77. The van der Waals surface area contributed by atoms with E-state index in [-0.39, 0.29) is 0 Å². The third-order valence-electron chi connectivity index (χ3n) is 2.57. The molecule has 90 valence electrons. The number of fused-ring (bicyclic) bond motifs is 1. The zero-order valence-electron chi connectivity index (χ0n) is 9.30. The molecule has 1 N–H and O–H groups in total. The maximum atomic E-state index is 6.19. The number of halogens is 1. The first-order valence-electron chi connectivity index (χ1n) is 5.38. The second kappa shape index (κ2) is 4.88. The molecule has 6 heteroatoms. The van der Waals surface area contributed by atoms with Crippen LogP contribution in [0.1, 0.15) is 5.56 Å². The van der Waals surface area contributed by atoms with Crippen LogP contribution in [0.25, 0.3) is 11.0 Å². The van der Waals surface area contributed by atoms with Crippen LogP contribution in [-0.2, 0) is 6.54 Å². The Kier molecular flexibility index (Phi) is 3.08. The number of nitrogens with one attached hydrogen (secondary N) is 1. The van der Waals surface area contributed by atoms with Gasteiger partial charge in [0.15, 0.2) is 0 Å². The van der Waals surface area contributed by atoms with Gasteiger partial charge in [-0.25, -0.2) is 0 Å². The van der Waals surface area contributed by atoms with Crippen molar-refractivity contribution < 1.29 is 0 Å². The van der Waals surface area contributed by atoms with Crippen LogP contribution >= 0.6 is 23.3 Å². The van der Waals surface area contributed by atoms with Crippen LogP contribution in [-0.4, -0.2) is 13.7 Å². The smallest absolute Gasteiger partial charge is 0.129 e. The predicted molar refractivity (Wildman–Crippen MR) is 74.0 cm³/mol. The average molecular weight is 277 g/mol. The predicted octanol–water partition coefficient (Wildman–Crippen LogP) is 3.35. The highest BCUT2D eigenvalue weighted by atomic mass is 35.5. The van der Waals surface area contributed by atoms with Crippen LogP contribution in [0.3, 0.4) is 0 Å². The summed E-state index contributed by atoms with van der Waals surface area (Å²) < 4.78 is 8.45. The van der Waals surface area contributed by atoms with Crippen molar-refractivity contribution in [1.82, 2.24) is 13.7 Å². The van der Waals surface area contributed by atoms with E-state index < -0.39 is 0 Å². The van der Waals surface area contributed by atoms with E-state index in [2.05, 4.69) is 19.0 Å². The summed E-state index contributed by atoms with van der Waals surface area (Å²) in [7, 11) is 0. The fourth-order valence-corrected chi connectivity index (χ4v) is 2.45. The monoisotopic (exact) mass is 276 g/mol. The SMILES string of the molecule is Clc1ccc2nsnc2c1NCc1cccnc1. The summed E-state index contributed by atoms with van der Waals surface area (Å²) >= 11 is 7.37. The molecule has 0 unspecified atom stereocenters. The maximum Gasteiger partial charge on any atom is 0.129 e. The van der Waals surface area contributed by atoms with E-state index >= 15 is 0 Å². The van der Waals surface area contributed by atoms with E-state index in [0.29, 0.717) is 11.6 Å². The number of pyridine rings is 1. The van der Waals surface area contributed by atoms with Gasteiger partial charge in [0.1, 0.15) is 11.0 Å². The summed E-state index contributed by atoms with van der Waals surface area (Å²) in [5, 5.41) is 3.94. The molecule has 0 radical (unpaired) electrons. The van der Waals surface area contributed by atoms with Crippen molar-refractivity contribution in [2.24, 2.45) is 0 Å². The van der Waals surface area contributed by atoms with Gasteiger partial charge in [-0.1, -0.05) is 17.7 Å². The summed E-state index contributed by atoms with van der Waals surface area (Å²) in [6.45, 7) is 0.657. The number of nitrogens with zero attached hydrogens (tertiary/aromatic N) is 3. The van der Waals surface area contributed by atoms with Crippen LogP contribution in [0.4, 0.5) is 5.69 Å². The fourth-order valence-electron chi connectivity index (χ4n) is 1.69. The molecule has 3 rings (SSSR count). The Hall–Kier alpha value is -1.72. The molecular formula is C12H9ClN4S. The van der Waals surface area contributed by atoms with Gasteiger partial charge in [0.25, 0.3) is 0 Å². The molecule has 2 aromatic heterocycles. The van der Waals surface area contributed by atoms with Gasteiger partial charge >= 0.3 is 0 Å². The highest BCUT2D eigenvalue weighted by molar-refractivity contribution is 7.00. The van der Waals surface area contributed by atoms with E-state index in [1.54, 1.807) is 6.20 Å². The molecule has 0 aliphatic heterocycles. The number of benzene rings is 1. The molecular weight excluding hydrogens is 268 g/mol. The Morgan fingerprint density at radius 2 is 2.17 bits per heavy atom. The van der Waals surface area contributed by atoms with E-state index in [1.165, 1.54) is 11.7 Å². The minimum absolute atomic E-state index is 0.652. The molecule has 0 saturated carbocycles.